The molecule has 0 aromatic heterocycles. The molecular weight excluding hydrogens is 361 g/mol. The van der Waals surface area contributed by atoms with Crippen LogP contribution < -0.4 is 5.32 Å². The zero-order valence-corrected chi connectivity index (χ0v) is 12.0. The number of nitrogens with one attached hydrogen (secondary N) is 1. The van der Waals surface area contributed by atoms with Crippen molar-refractivity contribution >= 4 is 27.5 Å². The van der Waals surface area contributed by atoms with Crippen molar-refractivity contribution in [1.29, 1.82) is 0 Å². The number of nitro benzene ring substituents is 1. The molecule has 1 rings (SSSR count). The summed E-state index contributed by atoms with van der Waals surface area (Å²) >= 11 is 3.07. The van der Waals surface area contributed by atoms with Crippen LogP contribution >= 0.6 is 15.9 Å². The molecule has 0 aliphatic rings. The lowest BCUT2D eigenvalue weighted by Crippen LogP contribution is -2.29. The lowest BCUT2D eigenvalue weighted by molar-refractivity contribution is -0.384. The van der Waals surface area contributed by atoms with Crippen LogP contribution in [0.15, 0.2) is 22.7 Å². The van der Waals surface area contributed by atoms with Crippen LogP contribution in [0.5, 0.6) is 0 Å². The Morgan fingerprint density at radius 2 is 2.10 bits per heavy atom. The van der Waals surface area contributed by atoms with Crippen molar-refractivity contribution < 1.29 is 27.6 Å². The third-order valence-electron chi connectivity index (χ3n) is 2.20. The number of rotatable bonds is 6. The number of ether oxygens (including phenoxy) is 1. The van der Waals surface area contributed by atoms with Crippen LogP contribution in [-0.2, 0) is 4.74 Å². The molecule has 0 spiro atoms. The first-order valence-electron chi connectivity index (χ1n) is 5.57. The maximum absolute atomic E-state index is 11.8. The van der Waals surface area contributed by atoms with E-state index in [9.17, 15) is 28.1 Å². The quantitative estimate of drug-likeness (QED) is 0.474. The highest BCUT2D eigenvalue weighted by Crippen LogP contribution is 2.22. The zero-order chi connectivity index (χ0) is 16.0. The maximum atomic E-state index is 11.8. The molecule has 0 bridgehead atoms. The average Bonchev–Trinajstić information content (AvgIpc) is 2.36. The van der Waals surface area contributed by atoms with E-state index in [0.717, 1.165) is 6.07 Å². The molecule has 0 saturated heterocycles. The summed E-state index contributed by atoms with van der Waals surface area (Å²) < 4.78 is 40.0. The summed E-state index contributed by atoms with van der Waals surface area (Å²) in [4.78, 5) is 21.7. The van der Waals surface area contributed by atoms with Gasteiger partial charge in [-0.05, 0) is 22.0 Å². The molecule has 0 fully saturated rings. The molecular formula is C11H10BrF3N2O4. The number of carbonyl (C=O) groups excluding carboxylic acids is 1. The minimum Gasteiger partial charge on any atom is -0.370 e. The van der Waals surface area contributed by atoms with Crippen molar-refractivity contribution in [3.05, 3.63) is 38.3 Å². The Balaban J connectivity index is 2.52. The summed E-state index contributed by atoms with van der Waals surface area (Å²) in [5, 5.41) is 12.9. The van der Waals surface area contributed by atoms with Crippen LogP contribution in [0.3, 0.4) is 0 Å². The third-order valence-corrected chi connectivity index (χ3v) is 2.89. The van der Waals surface area contributed by atoms with E-state index in [1.54, 1.807) is 0 Å². The van der Waals surface area contributed by atoms with Gasteiger partial charge in [0.25, 0.3) is 11.6 Å². The normalized spacial score (nSPS) is 11.2. The van der Waals surface area contributed by atoms with Crippen LogP contribution in [0.25, 0.3) is 0 Å². The highest BCUT2D eigenvalue weighted by atomic mass is 79.9. The van der Waals surface area contributed by atoms with Gasteiger partial charge in [-0.25, -0.2) is 0 Å². The Morgan fingerprint density at radius 1 is 1.43 bits per heavy atom. The smallest absolute Gasteiger partial charge is 0.370 e. The van der Waals surface area contributed by atoms with Gasteiger partial charge in [-0.15, -0.1) is 0 Å². The standard InChI is InChI=1S/C11H10BrF3N2O4/c12-9-2-1-7(17(19)20)5-8(9)10(18)16-3-4-21-6-11(13,14)15/h1-2,5H,3-4,6H2,(H,16,18). The highest BCUT2D eigenvalue weighted by molar-refractivity contribution is 9.10. The van der Waals surface area contributed by atoms with Crippen molar-refractivity contribution in [1.82, 2.24) is 5.32 Å². The van der Waals surface area contributed by atoms with Gasteiger partial charge in [-0.3, -0.25) is 14.9 Å². The maximum Gasteiger partial charge on any atom is 0.411 e. The van der Waals surface area contributed by atoms with Crippen molar-refractivity contribution in [3.8, 4) is 0 Å². The van der Waals surface area contributed by atoms with Crippen LogP contribution in [0, 0.1) is 10.1 Å². The van der Waals surface area contributed by atoms with E-state index in [4.69, 9.17) is 0 Å². The van der Waals surface area contributed by atoms with Crippen LogP contribution in [-0.4, -0.2) is 36.8 Å². The number of alkyl halides is 3. The molecule has 116 valence electrons. The van der Waals surface area contributed by atoms with E-state index >= 15 is 0 Å². The van der Waals surface area contributed by atoms with Gasteiger partial charge in [0.2, 0.25) is 0 Å². The first kappa shape index (κ1) is 17.4. The molecule has 1 aromatic rings. The lowest BCUT2D eigenvalue weighted by Gasteiger charge is -2.09. The number of hydrogen-bond donors (Lipinski definition) is 1. The average molecular weight is 371 g/mol. The minimum absolute atomic E-state index is 0.0139. The summed E-state index contributed by atoms with van der Waals surface area (Å²) in [5.74, 6) is -0.652. The van der Waals surface area contributed by atoms with Gasteiger partial charge in [0, 0.05) is 23.2 Å². The zero-order valence-electron chi connectivity index (χ0n) is 10.4. The van der Waals surface area contributed by atoms with E-state index in [0.29, 0.717) is 4.47 Å². The van der Waals surface area contributed by atoms with Crippen molar-refractivity contribution in [2.75, 3.05) is 19.8 Å². The molecule has 0 atom stereocenters. The lowest BCUT2D eigenvalue weighted by atomic mass is 10.2. The molecule has 21 heavy (non-hydrogen) atoms. The van der Waals surface area contributed by atoms with Crippen LogP contribution in [0.1, 0.15) is 10.4 Å². The third kappa shape index (κ3) is 6.08. The topological polar surface area (TPSA) is 81.5 Å². The first-order chi connectivity index (χ1) is 9.70. The number of non-ortho nitro benzene ring substituents is 1. The molecule has 0 unspecified atom stereocenters. The summed E-state index contributed by atoms with van der Waals surface area (Å²) in [6.45, 7) is -1.87. The largest absolute Gasteiger partial charge is 0.411 e. The second-order valence-electron chi connectivity index (χ2n) is 3.84. The molecule has 0 aliphatic heterocycles. The number of amides is 1. The Labute approximate surface area is 125 Å². The fourth-order valence-corrected chi connectivity index (χ4v) is 1.75. The Bertz CT molecular complexity index is 537. The molecule has 1 N–H and O–H groups in total. The highest BCUT2D eigenvalue weighted by Gasteiger charge is 2.27. The summed E-state index contributed by atoms with van der Waals surface area (Å²) in [6, 6.07) is 3.62. The predicted molar refractivity (Wildman–Crippen MR) is 70.0 cm³/mol. The van der Waals surface area contributed by atoms with Gasteiger partial charge >= 0.3 is 6.18 Å². The van der Waals surface area contributed by atoms with Gasteiger partial charge in [-0.2, -0.15) is 13.2 Å². The van der Waals surface area contributed by atoms with Crippen molar-refractivity contribution in [2.45, 2.75) is 6.18 Å². The van der Waals surface area contributed by atoms with E-state index in [-0.39, 0.29) is 24.4 Å². The fourth-order valence-electron chi connectivity index (χ4n) is 1.32. The summed E-state index contributed by atoms with van der Waals surface area (Å²) in [7, 11) is 0. The Hall–Kier alpha value is -1.68. The van der Waals surface area contributed by atoms with E-state index < -0.39 is 23.6 Å². The number of halogens is 4. The van der Waals surface area contributed by atoms with E-state index in [2.05, 4.69) is 26.0 Å². The number of carbonyl (C=O) groups is 1. The number of nitro groups is 1. The number of benzene rings is 1. The van der Waals surface area contributed by atoms with E-state index in [1.165, 1.54) is 12.1 Å². The monoisotopic (exact) mass is 370 g/mol. The Morgan fingerprint density at radius 3 is 2.67 bits per heavy atom. The SMILES string of the molecule is O=C(NCCOCC(F)(F)F)c1cc([N+](=O)[O-])ccc1Br. The van der Waals surface area contributed by atoms with Gasteiger partial charge in [-0.1, -0.05) is 0 Å². The second kappa shape index (κ2) is 7.36. The van der Waals surface area contributed by atoms with Crippen molar-refractivity contribution in [2.24, 2.45) is 0 Å². The number of hydrogen-bond acceptors (Lipinski definition) is 4. The van der Waals surface area contributed by atoms with Gasteiger partial charge < -0.3 is 10.1 Å². The summed E-state index contributed by atoms with van der Waals surface area (Å²) in [6.07, 6.45) is -4.42. The predicted octanol–water partition coefficient (Wildman–Crippen LogP) is 2.67. The van der Waals surface area contributed by atoms with E-state index in [1.807, 2.05) is 0 Å². The molecule has 0 radical (unpaired) electrons. The molecule has 1 amide bonds. The second-order valence-corrected chi connectivity index (χ2v) is 4.70. The fraction of sp³-hybridized carbons (Fsp3) is 0.364. The molecule has 10 heteroatoms. The van der Waals surface area contributed by atoms with Crippen LogP contribution in [0.2, 0.25) is 0 Å². The van der Waals surface area contributed by atoms with Crippen LogP contribution in [0.4, 0.5) is 18.9 Å². The first-order valence-corrected chi connectivity index (χ1v) is 6.36. The minimum atomic E-state index is -4.42. The molecule has 1 aromatic carbocycles. The van der Waals surface area contributed by atoms with Gasteiger partial charge in [0.1, 0.15) is 6.61 Å². The molecule has 0 heterocycles. The Kier molecular flexibility index (Phi) is 6.09. The molecule has 0 saturated carbocycles. The molecule has 0 aliphatic carbocycles. The molecule has 6 nitrogen and oxygen atoms in total. The van der Waals surface area contributed by atoms with Crippen molar-refractivity contribution in [3.63, 3.8) is 0 Å². The van der Waals surface area contributed by atoms with Gasteiger partial charge in [0.15, 0.2) is 0 Å². The number of nitrogens with zero attached hydrogens (tertiary/aromatic N) is 1. The van der Waals surface area contributed by atoms with Gasteiger partial charge in [0.05, 0.1) is 17.1 Å². The summed E-state index contributed by atoms with van der Waals surface area (Å²) in [5.41, 5.74) is -0.253.